The van der Waals surface area contributed by atoms with Gasteiger partial charge in [-0.3, -0.25) is 18.7 Å². The number of carbonyl (C=O) groups excluding carboxylic acids is 3. The molecule has 9 nitrogen and oxygen atoms in total. The second kappa shape index (κ2) is 13.3. The molecule has 12 heteroatoms. The van der Waals surface area contributed by atoms with Crippen LogP contribution in [-0.4, -0.2) is 45.4 Å². The summed E-state index contributed by atoms with van der Waals surface area (Å²) >= 11 is 12.3. The van der Waals surface area contributed by atoms with Gasteiger partial charge in [0.2, 0.25) is 0 Å². The number of hydrogen-bond acceptors (Lipinski definition) is 6. The van der Waals surface area contributed by atoms with Crippen LogP contribution in [0, 0.1) is 0 Å². The number of esters is 1. The van der Waals surface area contributed by atoms with Crippen LogP contribution in [0.4, 0.5) is 5.69 Å². The number of rotatable bonds is 9. The molecule has 0 heterocycles. The summed E-state index contributed by atoms with van der Waals surface area (Å²) < 4.78 is 34.5. The van der Waals surface area contributed by atoms with Gasteiger partial charge >= 0.3 is 5.97 Å². The zero-order chi connectivity index (χ0) is 32.2. The molecule has 0 unspecified atom stereocenters. The molecule has 0 bridgehead atoms. The first-order valence-electron chi connectivity index (χ1n) is 13.5. The number of nitrogens with one attached hydrogen (secondary N) is 2. The molecular weight excluding hydrogens is 625 g/mol. The number of anilines is 1. The second-order valence-corrected chi connectivity index (χ2v) is 13.6. The van der Waals surface area contributed by atoms with Crippen LogP contribution in [0.2, 0.25) is 10.0 Å². The Morgan fingerprint density at radius 2 is 1.45 bits per heavy atom. The molecule has 4 rings (SSSR count). The van der Waals surface area contributed by atoms with Crippen molar-refractivity contribution in [1.29, 1.82) is 0 Å². The Bertz CT molecular complexity index is 1820. The summed E-state index contributed by atoms with van der Waals surface area (Å²) in [6.07, 6.45) is 0. The number of nitrogens with zero attached hydrogens (tertiary/aromatic N) is 1. The molecule has 0 saturated heterocycles. The first-order chi connectivity index (χ1) is 20.7. The van der Waals surface area contributed by atoms with Crippen LogP contribution in [-0.2, 0) is 26.1 Å². The molecule has 0 aliphatic rings. The van der Waals surface area contributed by atoms with E-state index in [9.17, 15) is 22.8 Å². The molecular formula is C32H31Cl2N3O6S. The highest BCUT2D eigenvalue weighted by atomic mass is 35.5. The number of carbonyl (C=O) groups is 3. The topological polar surface area (TPSA) is 122 Å². The molecule has 0 fully saturated rings. The summed E-state index contributed by atoms with van der Waals surface area (Å²) in [5.41, 5.74) is 0.867. The molecule has 0 spiro atoms. The molecule has 230 valence electrons. The van der Waals surface area contributed by atoms with Crippen molar-refractivity contribution in [2.75, 3.05) is 17.9 Å². The van der Waals surface area contributed by atoms with Gasteiger partial charge in [0.25, 0.3) is 21.8 Å². The van der Waals surface area contributed by atoms with E-state index in [-0.39, 0.29) is 33.1 Å². The lowest BCUT2D eigenvalue weighted by atomic mass is 10.0. The highest BCUT2D eigenvalue weighted by molar-refractivity contribution is 7.93. The van der Waals surface area contributed by atoms with Gasteiger partial charge in [-0.1, -0.05) is 59.6 Å². The zero-order valence-corrected chi connectivity index (χ0v) is 26.8. The van der Waals surface area contributed by atoms with Crippen molar-refractivity contribution in [2.45, 2.75) is 37.8 Å². The summed E-state index contributed by atoms with van der Waals surface area (Å²) in [6, 6.07) is 20.5. The van der Waals surface area contributed by atoms with Crippen LogP contribution >= 0.6 is 23.2 Å². The number of benzene rings is 4. The Hall–Kier alpha value is -4.12. The average molecular weight is 657 g/mol. The maximum absolute atomic E-state index is 14.0. The Balaban J connectivity index is 1.73. The fourth-order valence-electron chi connectivity index (χ4n) is 4.50. The lowest BCUT2D eigenvalue weighted by molar-refractivity contribution is -0.152. The maximum Gasteiger partial charge on any atom is 0.327 e. The maximum atomic E-state index is 14.0. The smallest absolute Gasteiger partial charge is 0.327 e. The molecule has 2 amide bonds. The van der Waals surface area contributed by atoms with Crippen LogP contribution < -0.4 is 14.9 Å². The van der Waals surface area contributed by atoms with Crippen molar-refractivity contribution in [2.24, 2.45) is 0 Å². The summed E-state index contributed by atoms with van der Waals surface area (Å²) in [5, 5.41) is 6.51. The van der Waals surface area contributed by atoms with Crippen LogP contribution in [0.1, 0.15) is 47.1 Å². The summed E-state index contributed by atoms with van der Waals surface area (Å²) in [5.74, 6) is -1.39. The number of ether oxygens (including phenoxy) is 1. The first-order valence-corrected chi connectivity index (χ1v) is 15.7. The minimum Gasteiger partial charge on any atom is -0.459 e. The Kier molecular flexibility index (Phi) is 9.88. The second-order valence-electron chi connectivity index (χ2n) is 10.8. The molecule has 44 heavy (non-hydrogen) atoms. The van der Waals surface area contributed by atoms with Gasteiger partial charge < -0.3 is 15.4 Å². The SMILES string of the molecule is CNC(=O)c1ccc(CNC(=O)c2cccc3c(N(CC(=O)OC(C)(C)C)S(=O)(=O)c4cc(Cl)cc(Cl)c4)cccc23)cc1. The monoisotopic (exact) mass is 655 g/mol. The standard InChI is InChI=1S/C32H31Cl2N3O6S/c1-32(2,3)43-29(38)19-37(44(41,42)24-16-22(33)15-23(34)17-24)28-10-6-7-25-26(28)8-5-9-27(25)31(40)36-18-20-11-13-21(14-12-20)30(39)35-4/h5-17H,18-19H2,1-4H3,(H,35,39)(H,36,40). The quantitative estimate of drug-likeness (QED) is 0.214. The van der Waals surface area contributed by atoms with Crippen LogP contribution in [0.3, 0.4) is 0 Å². The van der Waals surface area contributed by atoms with Crippen molar-refractivity contribution in [3.8, 4) is 0 Å². The zero-order valence-electron chi connectivity index (χ0n) is 24.5. The average Bonchev–Trinajstić information content (AvgIpc) is 2.96. The van der Waals surface area contributed by atoms with E-state index >= 15 is 0 Å². The van der Waals surface area contributed by atoms with Gasteiger partial charge in [0, 0.05) is 40.2 Å². The van der Waals surface area contributed by atoms with Gasteiger partial charge in [0.05, 0.1) is 10.6 Å². The largest absolute Gasteiger partial charge is 0.459 e. The molecule has 4 aromatic rings. The highest BCUT2D eigenvalue weighted by Gasteiger charge is 2.31. The van der Waals surface area contributed by atoms with Gasteiger partial charge in [0.15, 0.2) is 0 Å². The first kappa shape index (κ1) is 32.8. The van der Waals surface area contributed by atoms with Crippen LogP contribution in [0.25, 0.3) is 10.8 Å². The summed E-state index contributed by atoms with van der Waals surface area (Å²) in [6.45, 7) is 4.58. The van der Waals surface area contributed by atoms with E-state index in [2.05, 4.69) is 10.6 Å². The molecule has 0 aliphatic heterocycles. The third kappa shape index (κ3) is 7.68. The number of halogens is 2. The lowest BCUT2D eigenvalue weighted by Gasteiger charge is -2.27. The third-order valence-electron chi connectivity index (χ3n) is 6.43. The predicted molar refractivity (Wildman–Crippen MR) is 172 cm³/mol. The number of fused-ring (bicyclic) bond motifs is 1. The van der Waals surface area contributed by atoms with E-state index in [0.29, 0.717) is 21.9 Å². The van der Waals surface area contributed by atoms with E-state index in [4.69, 9.17) is 27.9 Å². The fraction of sp³-hybridized carbons (Fsp3) is 0.219. The molecule has 4 aromatic carbocycles. The Morgan fingerprint density at radius 1 is 0.841 bits per heavy atom. The third-order valence-corrected chi connectivity index (χ3v) is 8.60. The van der Waals surface area contributed by atoms with Gasteiger partial charge in [-0.25, -0.2) is 8.42 Å². The van der Waals surface area contributed by atoms with E-state index in [1.165, 1.54) is 18.2 Å². The molecule has 0 radical (unpaired) electrons. The minimum atomic E-state index is -4.40. The number of hydrogen-bond donors (Lipinski definition) is 2. The predicted octanol–water partition coefficient (Wildman–Crippen LogP) is 5.97. The van der Waals surface area contributed by atoms with Crippen molar-refractivity contribution >= 4 is 67.5 Å². The molecule has 2 N–H and O–H groups in total. The number of amides is 2. The van der Waals surface area contributed by atoms with E-state index in [0.717, 1.165) is 9.87 Å². The van der Waals surface area contributed by atoms with Crippen molar-refractivity contribution in [3.63, 3.8) is 0 Å². The molecule has 0 atom stereocenters. The summed E-state index contributed by atoms with van der Waals surface area (Å²) in [4.78, 5) is 37.9. The Morgan fingerprint density at radius 3 is 2.07 bits per heavy atom. The fourth-order valence-corrected chi connectivity index (χ4v) is 6.66. The van der Waals surface area contributed by atoms with E-state index in [1.54, 1.807) is 88.5 Å². The normalized spacial score (nSPS) is 11.6. The highest BCUT2D eigenvalue weighted by Crippen LogP contribution is 2.34. The van der Waals surface area contributed by atoms with Crippen LogP contribution in [0.15, 0.2) is 83.8 Å². The van der Waals surface area contributed by atoms with Gasteiger partial charge in [-0.05, 0) is 74.2 Å². The van der Waals surface area contributed by atoms with E-state index < -0.39 is 34.0 Å². The molecule has 0 aromatic heterocycles. The van der Waals surface area contributed by atoms with E-state index in [1.807, 2.05) is 0 Å². The van der Waals surface area contributed by atoms with Gasteiger partial charge in [-0.2, -0.15) is 0 Å². The summed E-state index contributed by atoms with van der Waals surface area (Å²) in [7, 11) is -2.85. The van der Waals surface area contributed by atoms with Gasteiger partial charge in [0.1, 0.15) is 12.1 Å². The van der Waals surface area contributed by atoms with Crippen molar-refractivity contribution in [3.05, 3.63) is 106 Å². The minimum absolute atomic E-state index is 0.105. The van der Waals surface area contributed by atoms with Crippen LogP contribution in [0.5, 0.6) is 0 Å². The molecule has 0 saturated carbocycles. The van der Waals surface area contributed by atoms with Crippen molar-refractivity contribution < 1.29 is 27.5 Å². The van der Waals surface area contributed by atoms with Gasteiger partial charge in [-0.15, -0.1) is 0 Å². The number of sulfonamides is 1. The lowest BCUT2D eigenvalue weighted by Crippen LogP contribution is -2.39. The Labute approximate surface area is 266 Å². The van der Waals surface area contributed by atoms with Crippen molar-refractivity contribution in [1.82, 2.24) is 10.6 Å². The molecule has 0 aliphatic carbocycles.